The van der Waals surface area contributed by atoms with Crippen molar-refractivity contribution in [2.45, 2.75) is 17.9 Å². The first kappa shape index (κ1) is 14.5. The fourth-order valence-electron chi connectivity index (χ4n) is 0.807. The molecule has 0 fully saturated rings. The lowest BCUT2D eigenvalue weighted by molar-refractivity contribution is 0.562. The van der Waals surface area contributed by atoms with Crippen LogP contribution in [0.15, 0.2) is 9.98 Å². The van der Waals surface area contributed by atoms with Crippen LogP contribution in [0.3, 0.4) is 0 Å². The van der Waals surface area contributed by atoms with Crippen LogP contribution in [0.4, 0.5) is 0 Å². The van der Waals surface area contributed by atoms with Crippen LogP contribution in [0.5, 0.6) is 0 Å². The van der Waals surface area contributed by atoms with E-state index < -0.39 is 0 Å². The van der Waals surface area contributed by atoms with Gasteiger partial charge in [0.25, 0.3) is 0 Å². The average molecular weight is 246 g/mol. The van der Waals surface area contributed by atoms with Gasteiger partial charge in [-0.15, -0.1) is 23.5 Å². The summed E-state index contributed by atoms with van der Waals surface area (Å²) < 4.78 is 0.0524. The third-order valence-electron chi connectivity index (χ3n) is 1.43. The molecule has 4 nitrogen and oxygen atoms in total. The van der Waals surface area contributed by atoms with Crippen molar-refractivity contribution in [3.05, 3.63) is 0 Å². The average Bonchev–Trinajstić information content (AvgIpc) is 2.20. The normalized spacial score (nSPS) is 10.3. The van der Waals surface area contributed by atoms with Crippen LogP contribution in [0.1, 0.15) is 13.8 Å². The molecule has 0 N–H and O–H groups in total. The molecular formula is C9H14N2O2S2. The van der Waals surface area contributed by atoms with Crippen LogP contribution in [0, 0.1) is 0 Å². The molecule has 0 aromatic heterocycles. The number of isocyanates is 2. The van der Waals surface area contributed by atoms with Gasteiger partial charge in [0.2, 0.25) is 12.2 Å². The number of nitrogens with zero attached hydrogens (tertiary/aromatic N) is 2. The van der Waals surface area contributed by atoms with Gasteiger partial charge in [-0.2, -0.15) is 0 Å². The summed E-state index contributed by atoms with van der Waals surface area (Å²) in [6.07, 6.45) is 3.02. The molecule has 6 heteroatoms. The summed E-state index contributed by atoms with van der Waals surface area (Å²) in [6.45, 7) is 5.20. The molecule has 0 aliphatic carbocycles. The topological polar surface area (TPSA) is 58.9 Å². The number of hydrogen-bond acceptors (Lipinski definition) is 6. The smallest absolute Gasteiger partial charge is 0.211 e. The summed E-state index contributed by atoms with van der Waals surface area (Å²) in [4.78, 5) is 26.6. The van der Waals surface area contributed by atoms with Crippen LogP contribution in [0.2, 0.25) is 0 Å². The number of aliphatic imine (C=N–C) groups is 2. The summed E-state index contributed by atoms with van der Waals surface area (Å²) >= 11 is 3.45. The van der Waals surface area contributed by atoms with E-state index in [4.69, 9.17) is 0 Å². The second kappa shape index (κ2) is 8.74. The van der Waals surface area contributed by atoms with Gasteiger partial charge in [-0.05, 0) is 13.8 Å². The van der Waals surface area contributed by atoms with E-state index in [-0.39, 0.29) is 4.08 Å². The zero-order valence-corrected chi connectivity index (χ0v) is 10.5. The Hall–Kier alpha value is -0.540. The van der Waals surface area contributed by atoms with Crippen molar-refractivity contribution in [1.82, 2.24) is 0 Å². The Morgan fingerprint density at radius 3 is 1.73 bits per heavy atom. The third-order valence-corrected chi connectivity index (χ3v) is 4.31. The maximum absolute atomic E-state index is 9.82. The number of rotatable bonds is 8. The zero-order valence-electron chi connectivity index (χ0n) is 8.86. The second-order valence-electron chi connectivity index (χ2n) is 3.04. The SMILES string of the molecule is CC(C)(SCCN=C=O)SCCN=C=O. The highest BCUT2D eigenvalue weighted by Gasteiger charge is 2.17. The molecular weight excluding hydrogens is 232 g/mol. The fraction of sp³-hybridized carbons (Fsp3) is 0.778. The molecule has 0 unspecified atom stereocenters. The standard InChI is InChI=1S/C9H14N2O2S2/c1-9(2,14-5-3-10-7-12)15-6-4-11-8-13/h3-6H2,1-2H3. The van der Waals surface area contributed by atoms with Gasteiger partial charge >= 0.3 is 0 Å². The molecule has 0 radical (unpaired) electrons. The van der Waals surface area contributed by atoms with Crippen LogP contribution >= 0.6 is 23.5 Å². The lowest BCUT2D eigenvalue weighted by atomic mass is 10.5. The van der Waals surface area contributed by atoms with E-state index in [1.165, 1.54) is 12.2 Å². The first-order valence-electron chi connectivity index (χ1n) is 4.47. The van der Waals surface area contributed by atoms with E-state index in [2.05, 4.69) is 23.8 Å². The molecule has 0 amide bonds. The lowest BCUT2D eigenvalue weighted by Crippen LogP contribution is -2.12. The monoisotopic (exact) mass is 246 g/mol. The molecule has 0 aromatic carbocycles. The molecule has 0 atom stereocenters. The first-order chi connectivity index (χ1) is 7.12. The van der Waals surface area contributed by atoms with Gasteiger partial charge in [0.1, 0.15) is 0 Å². The maximum atomic E-state index is 9.82. The molecule has 0 bridgehead atoms. The summed E-state index contributed by atoms with van der Waals surface area (Å²) in [5.74, 6) is 1.60. The third kappa shape index (κ3) is 9.76. The van der Waals surface area contributed by atoms with Gasteiger partial charge in [-0.3, -0.25) is 0 Å². The Labute approximate surface area is 98.0 Å². The highest BCUT2D eigenvalue weighted by atomic mass is 32.2. The van der Waals surface area contributed by atoms with Crippen molar-refractivity contribution in [2.75, 3.05) is 24.6 Å². The number of thioether (sulfide) groups is 2. The minimum Gasteiger partial charge on any atom is -0.211 e. The van der Waals surface area contributed by atoms with E-state index in [0.717, 1.165) is 11.5 Å². The van der Waals surface area contributed by atoms with E-state index in [1.807, 2.05) is 0 Å². The Morgan fingerprint density at radius 1 is 1.00 bits per heavy atom. The second-order valence-corrected chi connectivity index (χ2v) is 6.74. The van der Waals surface area contributed by atoms with Gasteiger partial charge in [0.15, 0.2) is 0 Å². The van der Waals surface area contributed by atoms with Gasteiger partial charge in [0, 0.05) is 11.5 Å². The molecule has 0 saturated heterocycles. The molecule has 0 spiro atoms. The Kier molecular flexibility index (Phi) is 8.43. The quantitative estimate of drug-likeness (QED) is 0.284. The van der Waals surface area contributed by atoms with Crippen molar-refractivity contribution in [2.24, 2.45) is 9.98 Å². The summed E-state index contributed by atoms with van der Waals surface area (Å²) in [5.41, 5.74) is 0. The molecule has 15 heavy (non-hydrogen) atoms. The van der Waals surface area contributed by atoms with Crippen molar-refractivity contribution in [3.8, 4) is 0 Å². The zero-order chi connectivity index (χ0) is 11.6. The van der Waals surface area contributed by atoms with Crippen LogP contribution in [-0.4, -0.2) is 40.8 Å². The van der Waals surface area contributed by atoms with Gasteiger partial charge in [-0.1, -0.05) is 0 Å². The van der Waals surface area contributed by atoms with E-state index >= 15 is 0 Å². The molecule has 0 aliphatic heterocycles. The lowest BCUT2D eigenvalue weighted by Gasteiger charge is -2.22. The summed E-state index contributed by atoms with van der Waals surface area (Å²) in [6, 6.07) is 0. The minimum atomic E-state index is 0.0524. The van der Waals surface area contributed by atoms with Crippen LogP contribution in [-0.2, 0) is 9.59 Å². The Morgan fingerprint density at radius 2 is 1.40 bits per heavy atom. The summed E-state index contributed by atoms with van der Waals surface area (Å²) in [5, 5.41) is 0. The van der Waals surface area contributed by atoms with E-state index in [9.17, 15) is 9.59 Å². The van der Waals surface area contributed by atoms with E-state index in [0.29, 0.717) is 13.1 Å². The van der Waals surface area contributed by atoms with E-state index in [1.54, 1.807) is 23.5 Å². The Bertz CT molecular complexity index is 243. The Balaban J connectivity index is 3.65. The van der Waals surface area contributed by atoms with Gasteiger partial charge in [-0.25, -0.2) is 19.6 Å². The molecule has 0 heterocycles. The van der Waals surface area contributed by atoms with Crippen LogP contribution in [0.25, 0.3) is 0 Å². The first-order valence-corrected chi connectivity index (χ1v) is 6.44. The molecule has 84 valence electrons. The number of carbonyl (C=O) groups excluding carboxylic acids is 2. The van der Waals surface area contributed by atoms with Crippen LogP contribution < -0.4 is 0 Å². The van der Waals surface area contributed by atoms with Gasteiger partial charge in [0.05, 0.1) is 17.2 Å². The highest BCUT2D eigenvalue weighted by molar-refractivity contribution is 8.18. The van der Waals surface area contributed by atoms with Crippen molar-refractivity contribution in [1.29, 1.82) is 0 Å². The summed E-state index contributed by atoms with van der Waals surface area (Å²) in [7, 11) is 0. The predicted octanol–water partition coefficient (Wildman–Crippen LogP) is 1.86. The fourth-order valence-corrected chi connectivity index (χ4v) is 2.99. The highest BCUT2D eigenvalue weighted by Crippen LogP contribution is 2.35. The molecule has 0 saturated carbocycles. The van der Waals surface area contributed by atoms with Crippen molar-refractivity contribution >= 4 is 35.7 Å². The minimum absolute atomic E-state index is 0.0524. The van der Waals surface area contributed by atoms with Crippen molar-refractivity contribution < 1.29 is 9.59 Å². The predicted molar refractivity (Wildman–Crippen MR) is 65.0 cm³/mol. The van der Waals surface area contributed by atoms with Gasteiger partial charge < -0.3 is 0 Å². The molecule has 0 aliphatic rings. The number of hydrogen-bond donors (Lipinski definition) is 0. The maximum Gasteiger partial charge on any atom is 0.234 e. The largest absolute Gasteiger partial charge is 0.234 e. The molecule has 0 aromatic rings. The van der Waals surface area contributed by atoms with Crippen molar-refractivity contribution in [3.63, 3.8) is 0 Å². The molecule has 0 rings (SSSR count).